The molecule has 2 heterocycles. The Kier molecular flexibility index (Phi) is 4.18. The maximum absolute atomic E-state index is 12.4. The smallest absolute Gasteiger partial charge is 0.258 e. The number of H-pyrrole nitrogens is 1. The van der Waals surface area contributed by atoms with Gasteiger partial charge in [0.05, 0.1) is 16.3 Å². The first-order chi connectivity index (χ1) is 11.4. The summed E-state index contributed by atoms with van der Waals surface area (Å²) < 4.78 is 1.37. The van der Waals surface area contributed by atoms with Gasteiger partial charge in [-0.3, -0.25) is 14.6 Å². The molecule has 0 aliphatic carbocycles. The van der Waals surface area contributed by atoms with E-state index in [-0.39, 0.29) is 17.4 Å². The summed E-state index contributed by atoms with van der Waals surface area (Å²) in [7, 11) is 0. The molecule has 7 nitrogen and oxygen atoms in total. The number of rotatable bonds is 3. The molecule has 1 aromatic carbocycles. The molecule has 0 atom stereocenters. The van der Waals surface area contributed by atoms with Crippen LogP contribution in [-0.2, 0) is 0 Å². The molecule has 0 spiro atoms. The van der Waals surface area contributed by atoms with Crippen molar-refractivity contribution < 1.29 is 4.79 Å². The molecule has 0 unspecified atom stereocenters. The Morgan fingerprint density at radius 1 is 1.21 bits per heavy atom. The van der Waals surface area contributed by atoms with E-state index in [2.05, 4.69) is 20.4 Å². The zero-order valence-corrected chi connectivity index (χ0v) is 13.8. The third kappa shape index (κ3) is 3.21. The number of hydrogen-bond donors (Lipinski definition) is 2. The molecule has 0 radical (unpaired) electrons. The zero-order valence-electron chi connectivity index (χ0n) is 13.0. The van der Waals surface area contributed by atoms with Gasteiger partial charge in [-0.05, 0) is 26.0 Å². The van der Waals surface area contributed by atoms with Crippen molar-refractivity contribution in [1.82, 2.24) is 19.7 Å². The van der Waals surface area contributed by atoms with E-state index in [1.165, 1.54) is 10.7 Å². The minimum Gasteiger partial charge on any atom is -0.306 e. The first kappa shape index (κ1) is 15.9. The SMILES string of the molecule is Cc1cc(=O)[nH]c(-n2nc(C)cc2NC(=O)c2ccccc2Cl)n1. The Balaban J connectivity index is 1.99. The highest BCUT2D eigenvalue weighted by molar-refractivity contribution is 6.34. The predicted octanol–water partition coefficient (Wildman–Crippen LogP) is 2.48. The molecule has 2 aromatic heterocycles. The fourth-order valence-electron chi connectivity index (χ4n) is 2.24. The Bertz CT molecular complexity index is 977. The lowest BCUT2D eigenvalue weighted by Crippen LogP contribution is -2.19. The van der Waals surface area contributed by atoms with Gasteiger partial charge in [-0.25, -0.2) is 4.98 Å². The first-order valence-corrected chi connectivity index (χ1v) is 7.53. The number of aromatic nitrogens is 4. The average Bonchev–Trinajstić information content (AvgIpc) is 2.87. The summed E-state index contributed by atoms with van der Waals surface area (Å²) in [4.78, 5) is 30.9. The molecule has 0 saturated carbocycles. The van der Waals surface area contributed by atoms with Crippen molar-refractivity contribution in [2.24, 2.45) is 0 Å². The number of benzene rings is 1. The zero-order chi connectivity index (χ0) is 17.3. The van der Waals surface area contributed by atoms with Crippen LogP contribution in [0, 0.1) is 13.8 Å². The summed E-state index contributed by atoms with van der Waals surface area (Å²) in [5.74, 6) is 0.227. The van der Waals surface area contributed by atoms with Gasteiger partial charge in [-0.1, -0.05) is 23.7 Å². The second kappa shape index (κ2) is 6.29. The number of aryl methyl sites for hydroxylation is 2. The second-order valence-corrected chi connectivity index (χ2v) is 5.63. The van der Waals surface area contributed by atoms with Crippen molar-refractivity contribution in [1.29, 1.82) is 0 Å². The molecular formula is C16H14ClN5O2. The predicted molar refractivity (Wildman–Crippen MR) is 90.9 cm³/mol. The monoisotopic (exact) mass is 343 g/mol. The Morgan fingerprint density at radius 2 is 1.96 bits per heavy atom. The number of amides is 1. The van der Waals surface area contributed by atoms with E-state index >= 15 is 0 Å². The molecule has 0 aliphatic rings. The topological polar surface area (TPSA) is 92.7 Å². The number of nitrogens with zero attached hydrogens (tertiary/aromatic N) is 3. The van der Waals surface area contributed by atoms with Gasteiger partial charge < -0.3 is 5.32 Å². The Labute approximate surface area is 142 Å². The van der Waals surface area contributed by atoms with Crippen LogP contribution in [0.25, 0.3) is 5.95 Å². The lowest BCUT2D eigenvalue weighted by atomic mass is 10.2. The van der Waals surface area contributed by atoms with E-state index in [1.54, 1.807) is 44.2 Å². The van der Waals surface area contributed by atoms with Crippen LogP contribution >= 0.6 is 11.6 Å². The van der Waals surface area contributed by atoms with E-state index in [0.717, 1.165) is 0 Å². The van der Waals surface area contributed by atoms with Gasteiger partial charge in [0, 0.05) is 17.8 Å². The molecule has 2 N–H and O–H groups in total. The quantitative estimate of drug-likeness (QED) is 0.764. The number of aromatic amines is 1. The molecule has 3 rings (SSSR count). The maximum atomic E-state index is 12.4. The van der Waals surface area contributed by atoms with Crippen LogP contribution in [0.4, 0.5) is 5.82 Å². The molecule has 0 fully saturated rings. The third-order valence-electron chi connectivity index (χ3n) is 3.25. The molecule has 8 heteroatoms. The van der Waals surface area contributed by atoms with Crippen LogP contribution in [-0.4, -0.2) is 25.7 Å². The van der Waals surface area contributed by atoms with Crippen LogP contribution in [0.3, 0.4) is 0 Å². The highest BCUT2D eigenvalue weighted by Crippen LogP contribution is 2.19. The summed E-state index contributed by atoms with van der Waals surface area (Å²) in [5.41, 5.74) is 1.25. The fraction of sp³-hybridized carbons (Fsp3) is 0.125. The van der Waals surface area contributed by atoms with Gasteiger partial charge in [0.2, 0.25) is 5.95 Å². The molecule has 24 heavy (non-hydrogen) atoms. The third-order valence-corrected chi connectivity index (χ3v) is 3.58. The summed E-state index contributed by atoms with van der Waals surface area (Å²) in [6.07, 6.45) is 0. The van der Waals surface area contributed by atoms with Crippen molar-refractivity contribution in [2.45, 2.75) is 13.8 Å². The van der Waals surface area contributed by atoms with Gasteiger partial charge in [0.15, 0.2) is 0 Å². The normalized spacial score (nSPS) is 10.6. The highest BCUT2D eigenvalue weighted by Gasteiger charge is 2.15. The van der Waals surface area contributed by atoms with E-state index in [4.69, 9.17) is 11.6 Å². The number of carbonyl (C=O) groups excluding carboxylic acids is 1. The summed E-state index contributed by atoms with van der Waals surface area (Å²) >= 11 is 6.05. The summed E-state index contributed by atoms with van der Waals surface area (Å²) in [6.45, 7) is 3.48. The van der Waals surface area contributed by atoms with Crippen LogP contribution in [0.5, 0.6) is 0 Å². The number of nitrogens with one attached hydrogen (secondary N) is 2. The van der Waals surface area contributed by atoms with Gasteiger partial charge in [0.25, 0.3) is 11.5 Å². The highest BCUT2D eigenvalue weighted by atomic mass is 35.5. The number of carbonyl (C=O) groups is 1. The second-order valence-electron chi connectivity index (χ2n) is 5.23. The fourth-order valence-corrected chi connectivity index (χ4v) is 2.46. The Hall–Kier alpha value is -2.93. The minimum absolute atomic E-state index is 0.225. The first-order valence-electron chi connectivity index (χ1n) is 7.15. The number of anilines is 1. The van der Waals surface area contributed by atoms with Gasteiger partial charge >= 0.3 is 0 Å². The number of hydrogen-bond acceptors (Lipinski definition) is 4. The summed E-state index contributed by atoms with van der Waals surface area (Å²) in [6, 6.07) is 9.79. The van der Waals surface area contributed by atoms with E-state index in [1.807, 2.05) is 0 Å². The number of halogens is 1. The van der Waals surface area contributed by atoms with Gasteiger partial charge in [-0.15, -0.1) is 0 Å². The molecule has 1 amide bonds. The average molecular weight is 344 g/mol. The van der Waals surface area contributed by atoms with Gasteiger partial charge in [-0.2, -0.15) is 9.78 Å². The molecule has 0 bridgehead atoms. The lowest BCUT2D eigenvalue weighted by molar-refractivity contribution is 0.102. The van der Waals surface area contributed by atoms with Crippen LogP contribution in [0.2, 0.25) is 5.02 Å². The van der Waals surface area contributed by atoms with Crippen molar-refractivity contribution in [3.63, 3.8) is 0 Å². The molecular weight excluding hydrogens is 330 g/mol. The molecule has 0 saturated heterocycles. The standard InChI is InChI=1S/C16H14ClN5O2/c1-9-8-14(23)20-16(18-9)22-13(7-10(2)21-22)19-15(24)11-5-3-4-6-12(11)17/h3-8H,1-2H3,(H,19,24)(H,18,20,23). The van der Waals surface area contributed by atoms with Crippen molar-refractivity contribution in [3.8, 4) is 5.95 Å². The Morgan fingerprint density at radius 3 is 2.67 bits per heavy atom. The minimum atomic E-state index is -0.378. The maximum Gasteiger partial charge on any atom is 0.258 e. The molecule has 0 aliphatic heterocycles. The van der Waals surface area contributed by atoms with Crippen LogP contribution < -0.4 is 10.9 Å². The largest absolute Gasteiger partial charge is 0.306 e. The van der Waals surface area contributed by atoms with Crippen LogP contribution in [0.1, 0.15) is 21.7 Å². The lowest BCUT2D eigenvalue weighted by Gasteiger charge is -2.09. The van der Waals surface area contributed by atoms with Crippen molar-refractivity contribution >= 4 is 23.3 Å². The van der Waals surface area contributed by atoms with E-state index < -0.39 is 0 Å². The van der Waals surface area contributed by atoms with Crippen LogP contribution in [0.15, 0.2) is 41.2 Å². The molecule has 122 valence electrons. The van der Waals surface area contributed by atoms with Gasteiger partial charge in [0.1, 0.15) is 5.82 Å². The molecule has 3 aromatic rings. The van der Waals surface area contributed by atoms with Crippen molar-refractivity contribution in [3.05, 3.63) is 68.7 Å². The summed E-state index contributed by atoms with van der Waals surface area (Å²) in [5, 5.41) is 7.36. The van der Waals surface area contributed by atoms with Crippen molar-refractivity contribution in [2.75, 3.05) is 5.32 Å². The van der Waals surface area contributed by atoms with E-state index in [9.17, 15) is 9.59 Å². The van der Waals surface area contributed by atoms with E-state index in [0.29, 0.717) is 27.8 Å².